The maximum atomic E-state index is 12.1. The number of aryl methyl sites for hydroxylation is 4. The van der Waals surface area contributed by atoms with Crippen molar-refractivity contribution in [2.45, 2.75) is 27.7 Å². The average molecular weight is 380 g/mol. The van der Waals surface area contributed by atoms with Gasteiger partial charge in [0.1, 0.15) is 0 Å². The molecule has 0 spiro atoms. The second kappa shape index (κ2) is 4.88. The third-order valence-corrected chi connectivity index (χ3v) is 9.42. The Hall–Kier alpha value is -1.36. The van der Waals surface area contributed by atoms with E-state index >= 15 is 0 Å². The number of benzene rings is 2. The topological polar surface area (TPSA) is 26.3 Å². The van der Waals surface area contributed by atoms with Gasteiger partial charge in [-0.25, -0.2) is 0 Å². The van der Waals surface area contributed by atoms with Gasteiger partial charge in [-0.3, -0.25) is 0 Å². The SMILES string of the molecule is Cc1cc(C)c(I2OC(=O)c3cccc(C)c32)c(C)c1. The molecule has 0 atom stereocenters. The van der Waals surface area contributed by atoms with Gasteiger partial charge in [0.05, 0.1) is 0 Å². The van der Waals surface area contributed by atoms with Crippen molar-refractivity contribution in [3.05, 3.63) is 65.3 Å². The maximum absolute atomic E-state index is 12.1. The van der Waals surface area contributed by atoms with Crippen LogP contribution in [-0.4, -0.2) is 5.97 Å². The van der Waals surface area contributed by atoms with E-state index < -0.39 is 20.2 Å². The Bertz CT molecular complexity index is 696. The summed E-state index contributed by atoms with van der Waals surface area (Å²) in [6.07, 6.45) is 0. The van der Waals surface area contributed by atoms with Crippen LogP contribution < -0.4 is 0 Å². The van der Waals surface area contributed by atoms with Gasteiger partial charge in [0.15, 0.2) is 0 Å². The van der Waals surface area contributed by atoms with E-state index in [0.717, 1.165) is 5.56 Å². The zero-order valence-electron chi connectivity index (χ0n) is 12.1. The Morgan fingerprint density at radius 3 is 2.20 bits per heavy atom. The molecule has 0 fully saturated rings. The molecule has 1 aliphatic heterocycles. The molecule has 20 heavy (non-hydrogen) atoms. The molecule has 3 heteroatoms. The standard InChI is InChI=1S/C17H17IO2/c1-10-8-12(3)15(13(4)9-10)18-16-11(2)6-5-7-14(16)17(19)20-18/h5-9H,1-4H3. The van der Waals surface area contributed by atoms with Gasteiger partial charge in [0, 0.05) is 0 Å². The number of carbonyl (C=O) groups is 1. The normalized spacial score (nSPS) is 15.2. The predicted octanol–water partition coefficient (Wildman–Crippen LogP) is 4.55. The molecule has 0 saturated heterocycles. The van der Waals surface area contributed by atoms with E-state index in [2.05, 4.69) is 45.9 Å². The van der Waals surface area contributed by atoms with E-state index in [1.54, 1.807) is 0 Å². The Balaban J connectivity index is 2.23. The monoisotopic (exact) mass is 380 g/mol. The van der Waals surface area contributed by atoms with E-state index in [0.29, 0.717) is 0 Å². The van der Waals surface area contributed by atoms with Gasteiger partial charge in [-0.2, -0.15) is 0 Å². The Morgan fingerprint density at radius 1 is 0.900 bits per heavy atom. The molecule has 0 radical (unpaired) electrons. The van der Waals surface area contributed by atoms with Crippen molar-refractivity contribution in [2.24, 2.45) is 0 Å². The molecule has 0 bridgehead atoms. The van der Waals surface area contributed by atoms with E-state index in [4.69, 9.17) is 3.07 Å². The summed E-state index contributed by atoms with van der Waals surface area (Å²) >= 11 is -2.09. The van der Waals surface area contributed by atoms with E-state index in [-0.39, 0.29) is 5.97 Å². The van der Waals surface area contributed by atoms with Crippen LogP contribution >= 0.6 is 20.2 Å². The van der Waals surface area contributed by atoms with Gasteiger partial charge >= 0.3 is 127 Å². The van der Waals surface area contributed by atoms with Gasteiger partial charge < -0.3 is 0 Å². The van der Waals surface area contributed by atoms with Crippen LogP contribution in [0, 0.1) is 34.8 Å². The number of hydrogen-bond donors (Lipinski definition) is 0. The van der Waals surface area contributed by atoms with Gasteiger partial charge in [-0.1, -0.05) is 0 Å². The van der Waals surface area contributed by atoms with Crippen molar-refractivity contribution in [2.75, 3.05) is 0 Å². The second-order valence-corrected chi connectivity index (χ2v) is 9.28. The van der Waals surface area contributed by atoms with Crippen molar-refractivity contribution >= 4 is 26.2 Å². The van der Waals surface area contributed by atoms with Crippen LogP contribution in [0.4, 0.5) is 0 Å². The second-order valence-electron chi connectivity index (χ2n) is 5.26. The molecule has 0 saturated carbocycles. The summed E-state index contributed by atoms with van der Waals surface area (Å²) in [6.45, 7) is 8.42. The summed E-state index contributed by atoms with van der Waals surface area (Å²) in [6, 6.07) is 10.3. The molecule has 2 aromatic rings. The Labute approximate surface area is 127 Å². The zero-order chi connectivity index (χ0) is 14.4. The molecular weight excluding hydrogens is 363 g/mol. The number of fused-ring (bicyclic) bond motifs is 1. The minimum absolute atomic E-state index is 0.145. The fourth-order valence-corrected chi connectivity index (χ4v) is 8.10. The summed E-state index contributed by atoms with van der Waals surface area (Å²) in [5.41, 5.74) is 5.70. The van der Waals surface area contributed by atoms with Gasteiger partial charge in [-0.05, 0) is 0 Å². The van der Waals surface area contributed by atoms with Crippen LogP contribution in [0.25, 0.3) is 0 Å². The van der Waals surface area contributed by atoms with Crippen LogP contribution in [0.2, 0.25) is 0 Å². The summed E-state index contributed by atoms with van der Waals surface area (Å²) in [7, 11) is 0. The van der Waals surface area contributed by atoms with Gasteiger partial charge in [0.25, 0.3) is 0 Å². The van der Waals surface area contributed by atoms with E-state index in [1.165, 1.54) is 29.4 Å². The fourth-order valence-electron chi connectivity index (χ4n) is 2.75. The Morgan fingerprint density at radius 2 is 1.55 bits per heavy atom. The third kappa shape index (κ3) is 2.04. The van der Waals surface area contributed by atoms with Crippen LogP contribution in [-0.2, 0) is 3.07 Å². The number of carbonyl (C=O) groups excluding carboxylic acids is 1. The van der Waals surface area contributed by atoms with Crippen molar-refractivity contribution < 1.29 is 7.86 Å². The molecule has 0 aromatic heterocycles. The van der Waals surface area contributed by atoms with Crippen molar-refractivity contribution in [1.29, 1.82) is 0 Å². The summed E-state index contributed by atoms with van der Waals surface area (Å²) < 4.78 is 8.27. The van der Waals surface area contributed by atoms with Crippen LogP contribution in [0.1, 0.15) is 32.6 Å². The molecule has 0 N–H and O–H groups in total. The molecule has 3 rings (SSSR count). The van der Waals surface area contributed by atoms with Crippen molar-refractivity contribution in [1.82, 2.24) is 0 Å². The molecule has 0 unspecified atom stereocenters. The molecule has 0 amide bonds. The number of rotatable bonds is 1. The van der Waals surface area contributed by atoms with Crippen LogP contribution in [0.15, 0.2) is 30.3 Å². The molecule has 2 nitrogen and oxygen atoms in total. The number of hydrogen-bond acceptors (Lipinski definition) is 2. The molecule has 2 aromatic carbocycles. The van der Waals surface area contributed by atoms with Crippen LogP contribution in [0.5, 0.6) is 0 Å². The molecule has 1 aliphatic rings. The first kappa shape index (κ1) is 13.6. The van der Waals surface area contributed by atoms with E-state index in [9.17, 15) is 4.79 Å². The third-order valence-electron chi connectivity index (χ3n) is 3.48. The van der Waals surface area contributed by atoms with Crippen molar-refractivity contribution in [3.63, 3.8) is 0 Å². The summed E-state index contributed by atoms with van der Waals surface area (Å²) in [5, 5.41) is 0. The molecule has 1 heterocycles. The van der Waals surface area contributed by atoms with Gasteiger partial charge in [0.2, 0.25) is 0 Å². The summed E-state index contributed by atoms with van der Waals surface area (Å²) in [5.74, 6) is -0.145. The fraction of sp³-hybridized carbons (Fsp3) is 0.235. The van der Waals surface area contributed by atoms with Crippen LogP contribution in [0.3, 0.4) is 0 Å². The quantitative estimate of drug-likeness (QED) is 0.679. The predicted molar refractivity (Wildman–Crippen MR) is 88.7 cm³/mol. The zero-order valence-corrected chi connectivity index (χ0v) is 14.2. The molecule has 0 aliphatic carbocycles. The first-order chi connectivity index (χ1) is 9.49. The average Bonchev–Trinajstić information content (AvgIpc) is 2.67. The molecular formula is C17H17IO2. The summed E-state index contributed by atoms with van der Waals surface area (Å²) in [4.78, 5) is 12.1. The van der Waals surface area contributed by atoms with Gasteiger partial charge in [-0.15, -0.1) is 0 Å². The Kier molecular flexibility index (Phi) is 3.32. The van der Waals surface area contributed by atoms with Crippen molar-refractivity contribution in [3.8, 4) is 0 Å². The number of halogens is 1. The first-order valence-electron chi connectivity index (χ1n) is 6.59. The van der Waals surface area contributed by atoms with E-state index in [1.807, 2.05) is 12.1 Å². The minimum atomic E-state index is -2.09. The molecule has 104 valence electrons. The first-order valence-corrected chi connectivity index (χ1v) is 9.63.